The van der Waals surface area contributed by atoms with E-state index >= 15 is 0 Å². The summed E-state index contributed by atoms with van der Waals surface area (Å²) >= 11 is 0. The summed E-state index contributed by atoms with van der Waals surface area (Å²) in [5.74, 6) is 0.751. The van der Waals surface area contributed by atoms with Crippen molar-refractivity contribution in [3.05, 3.63) is 103 Å². The molecule has 0 aliphatic carbocycles. The average Bonchev–Trinajstić information content (AvgIpc) is 2.76. The van der Waals surface area contributed by atoms with E-state index in [2.05, 4.69) is 15.3 Å². The molecule has 1 N–H and O–H groups in total. The quantitative estimate of drug-likeness (QED) is 0.527. The molecular weight excluding hydrogens is 350 g/mol. The van der Waals surface area contributed by atoms with Crippen LogP contribution in [0.4, 0.5) is 5.69 Å². The maximum Gasteiger partial charge on any atom is 0.255 e. The van der Waals surface area contributed by atoms with Crippen molar-refractivity contribution < 1.29 is 9.53 Å². The second kappa shape index (κ2) is 8.14. The van der Waals surface area contributed by atoms with Gasteiger partial charge in [0, 0.05) is 17.4 Å². The Morgan fingerprint density at radius 2 is 1.61 bits per heavy atom. The SMILES string of the molecule is O=C(Nc1ccccc1)c1cccc(Oc2ncncc2-c2ccccc2)c1. The number of aromatic nitrogens is 2. The van der Waals surface area contributed by atoms with Crippen LogP contribution in [0.25, 0.3) is 11.1 Å². The largest absolute Gasteiger partial charge is 0.438 e. The Kier molecular flexibility index (Phi) is 5.06. The Hall–Kier alpha value is -3.99. The number of benzene rings is 3. The summed E-state index contributed by atoms with van der Waals surface area (Å²) in [5, 5.41) is 2.87. The summed E-state index contributed by atoms with van der Waals surface area (Å²) in [6, 6.07) is 26.1. The minimum absolute atomic E-state index is 0.206. The molecule has 0 fully saturated rings. The highest BCUT2D eigenvalue weighted by Gasteiger charge is 2.11. The van der Waals surface area contributed by atoms with Crippen LogP contribution in [0.2, 0.25) is 0 Å². The second-order valence-electron chi connectivity index (χ2n) is 6.06. The normalized spacial score (nSPS) is 10.3. The van der Waals surface area contributed by atoms with Crippen LogP contribution in [-0.2, 0) is 0 Å². The third-order valence-electron chi connectivity index (χ3n) is 4.10. The maximum absolute atomic E-state index is 12.5. The van der Waals surface area contributed by atoms with Crippen LogP contribution >= 0.6 is 0 Å². The standard InChI is InChI=1S/C23H17N3O2/c27-22(26-19-11-5-2-6-12-19)18-10-7-13-20(14-18)28-23-21(15-24-16-25-23)17-8-3-1-4-9-17/h1-16H,(H,26,27). The van der Waals surface area contributed by atoms with Crippen LogP contribution in [0.5, 0.6) is 11.6 Å². The van der Waals surface area contributed by atoms with Crippen molar-refractivity contribution in [1.82, 2.24) is 9.97 Å². The first-order valence-electron chi connectivity index (χ1n) is 8.79. The predicted molar refractivity (Wildman–Crippen MR) is 108 cm³/mol. The molecule has 4 aromatic rings. The molecule has 0 aliphatic rings. The molecule has 0 spiro atoms. The number of amides is 1. The first kappa shape index (κ1) is 17.4. The number of carbonyl (C=O) groups excluding carboxylic acids is 1. The van der Waals surface area contributed by atoms with Crippen LogP contribution in [0, 0.1) is 0 Å². The van der Waals surface area contributed by atoms with Crippen molar-refractivity contribution in [3.63, 3.8) is 0 Å². The van der Waals surface area contributed by atoms with Gasteiger partial charge in [-0.15, -0.1) is 0 Å². The van der Waals surface area contributed by atoms with E-state index in [0.717, 1.165) is 16.8 Å². The molecule has 0 radical (unpaired) electrons. The van der Waals surface area contributed by atoms with Gasteiger partial charge < -0.3 is 10.1 Å². The third-order valence-corrected chi connectivity index (χ3v) is 4.10. The Bertz CT molecular complexity index is 1080. The van der Waals surface area contributed by atoms with Crippen molar-refractivity contribution in [3.8, 4) is 22.8 Å². The van der Waals surface area contributed by atoms with E-state index in [9.17, 15) is 4.79 Å². The summed E-state index contributed by atoms with van der Waals surface area (Å²) in [7, 11) is 0. The van der Waals surface area contributed by atoms with Gasteiger partial charge in [-0.1, -0.05) is 54.6 Å². The molecule has 0 saturated heterocycles. The van der Waals surface area contributed by atoms with Gasteiger partial charge in [0.2, 0.25) is 5.88 Å². The molecule has 1 aromatic heterocycles. The van der Waals surface area contributed by atoms with Gasteiger partial charge in [-0.2, -0.15) is 0 Å². The first-order chi connectivity index (χ1) is 13.8. The summed E-state index contributed by atoms with van der Waals surface area (Å²) in [4.78, 5) is 20.9. The molecule has 0 aliphatic heterocycles. The molecule has 28 heavy (non-hydrogen) atoms. The predicted octanol–water partition coefficient (Wildman–Crippen LogP) is 5.19. The van der Waals surface area contributed by atoms with E-state index in [1.165, 1.54) is 6.33 Å². The number of nitrogens with zero attached hydrogens (tertiary/aromatic N) is 2. The van der Waals surface area contributed by atoms with Gasteiger partial charge in [0.15, 0.2) is 0 Å². The van der Waals surface area contributed by atoms with E-state index in [1.807, 2.05) is 60.7 Å². The number of carbonyl (C=O) groups is 1. The third kappa shape index (κ3) is 4.04. The molecule has 5 nitrogen and oxygen atoms in total. The highest BCUT2D eigenvalue weighted by atomic mass is 16.5. The fourth-order valence-corrected chi connectivity index (χ4v) is 2.75. The van der Waals surface area contributed by atoms with E-state index in [1.54, 1.807) is 30.5 Å². The first-order valence-corrected chi connectivity index (χ1v) is 8.79. The lowest BCUT2D eigenvalue weighted by atomic mass is 10.1. The number of hydrogen-bond donors (Lipinski definition) is 1. The van der Waals surface area contributed by atoms with Gasteiger partial charge in [-0.25, -0.2) is 9.97 Å². The molecule has 1 heterocycles. The number of nitrogens with one attached hydrogen (secondary N) is 1. The molecule has 1 amide bonds. The number of para-hydroxylation sites is 1. The molecule has 0 saturated carbocycles. The minimum Gasteiger partial charge on any atom is -0.438 e. The van der Waals surface area contributed by atoms with Crippen molar-refractivity contribution >= 4 is 11.6 Å². The fourth-order valence-electron chi connectivity index (χ4n) is 2.75. The lowest BCUT2D eigenvalue weighted by Crippen LogP contribution is -2.11. The number of ether oxygens (including phenoxy) is 1. The topological polar surface area (TPSA) is 64.1 Å². The number of anilines is 1. The van der Waals surface area contributed by atoms with Crippen LogP contribution in [-0.4, -0.2) is 15.9 Å². The van der Waals surface area contributed by atoms with Gasteiger partial charge in [-0.05, 0) is 35.9 Å². The summed E-state index contributed by atoms with van der Waals surface area (Å²) in [6.07, 6.45) is 3.15. The van der Waals surface area contributed by atoms with Gasteiger partial charge in [0.05, 0.1) is 5.56 Å². The van der Waals surface area contributed by atoms with Gasteiger partial charge in [0.1, 0.15) is 12.1 Å². The Morgan fingerprint density at radius 3 is 2.39 bits per heavy atom. The zero-order chi connectivity index (χ0) is 19.2. The maximum atomic E-state index is 12.5. The van der Waals surface area contributed by atoms with Crippen LogP contribution < -0.4 is 10.1 Å². The minimum atomic E-state index is -0.206. The molecular formula is C23H17N3O2. The van der Waals surface area contributed by atoms with Crippen molar-refractivity contribution in [2.75, 3.05) is 5.32 Å². The van der Waals surface area contributed by atoms with Crippen LogP contribution in [0.3, 0.4) is 0 Å². The van der Waals surface area contributed by atoms with Crippen molar-refractivity contribution in [2.45, 2.75) is 0 Å². The molecule has 0 unspecified atom stereocenters. The number of rotatable bonds is 5. The van der Waals surface area contributed by atoms with Crippen molar-refractivity contribution in [2.24, 2.45) is 0 Å². The monoisotopic (exact) mass is 367 g/mol. The van der Waals surface area contributed by atoms with E-state index in [-0.39, 0.29) is 5.91 Å². The highest BCUT2D eigenvalue weighted by molar-refractivity contribution is 6.04. The average molecular weight is 367 g/mol. The van der Waals surface area contributed by atoms with Crippen LogP contribution in [0.1, 0.15) is 10.4 Å². The van der Waals surface area contributed by atoms with E-state index < -0.39 is 0 Å². The molecule has 0 bridgehead atoms. The van der Waals surface area contributed by atoms with Gasteiger partial charge in [0.25, 0.3) is 5.91 Å². The van der Waals surface area contributed by atoms with E-state index in [4.69, 9.17) is 4.74 Å². The lowest BCUT2D eigenvalue weighted by Gasteiger charge is -2.11. The number of hydrogen-bond acceptors (Lipinski definition) is 4. The molecule has 5 heteroatoms. The molecule has 3 aromatic carbocycles. The zero-order valence-corrected chi connectivity index (χ0v) is 14.9. The Balaban J connectivity index is 1.57. The summed E-state index contributed by atoms with van der Waals surface area (Å²) < 4.78 is 5.97. The van der Waals surface area contributed by atoms with E-state index in [0.29, 0.717) is 17.2 Å². The second-order valence-corrected chi connectivity index (χ2v) is 6.06. The molecule has 0 atom stereocenters. The Labute approximate surface area is 162 Å². The van der Waals surface area contributed by atoms with Gasteiger partial charge in [-0.3, -0.25) is 4.79 Å². The molecule has 136 valence electrons. The highest BCUT2D eigenvalue weighted by Crippen LogP contribution is 2.30. The zero-order valence-electron chi connectivity index (χ0n) is 14.9. The van der Waals surface area contributed by atoms with Crippen LogP contribution in [0.15, 0.2) is 97.5 Å². The fraction of sp³-hybridized carbons (Fsp3) is 0. The smallest absolute Gasteiger partial charge is 0.255 e. The lowest BCUT2D eigenvalue weighted by molar-refractivity contribution is 0.102. The Morgan fingerprint density at radius 1 is 0.857 bits per heavy atom. The summed E-state index contributed by atoms with van der Waals surface area (Å²) in [5.41, 5.74) is 2.97. The molecule has 4 rings (SSSR count). The van der Waals surface area contributed by atoms with Crippen molar-refractivity contribution in [1.29, 1.82) is 0 Å². The van der Waals surface area contributed by atoms with Gasteiger partial charge >= 0.3 is 0 Å². The summed E-state index contributed by atoms with van der Waals surface area (Å²) in [6.45, 7) is 0.